The fraction of sp³-hybridized carbons (Fsp3) is 0.310. The van der Waals surface area contributed by atoms with E-state index in [1.165, 1.54) is 17.0 Å². The quantitative estimate of drug-likeness (QED) is 0.305. The Labute approximate surface area is 231 Å². The third-order valence-electron chi connectivity index (χ3n) is 6.70. The van der Waals surface area contributed by atoms with Crippen LogP contribution in [0, 0.1) is 5.82 Å². The van der Waals surface area contributed by atoms with Crippen molar-refractivity contribution in [1.29, 1.82) is 0 Å². The van der Waals surface area contributed by atoms with Gasteiger partial charge in [-0.3, -0.25) is 9.59 Å². The molecule has 1 N–H and O–H groups in total. The Kier molecular flexibility index (Phi) is 9.47. The molecule has 0 spiro atoms. The number of hydrogen-bond acceptors (Lipinski definition) is 2. The topological polar surface area (TPSA) is 49.4 Å². The molecule has 4 rings (SSSR count). The Morgan fingerprint density at radius 3 is 2.30 bits per heavy atom. The summed E-state index contributed by atoms with van der Waals surface area (Å²) in [7, 11) is 0. The molecule has 0 aliphatic heterocycles. The Hall–Kier alpha value is -2.60. The molecule has 1 saturated carbocycles. The van der Waals surface area contributed by atoms with E-state index in [1.807, 2.05) is 30.3 Å². The molecule has 0 aromatic heterocycles. The SMILES string of the molecule is O=C(NC1CCCC1)[C@@H](Cc1ccccc1)N(Cc1ccc(Cl)c(Cl)c1)C(=O)Cc1c(F)cccc1Cl. The largest absolute Gasteiger partial charge is 0.352 e. The van der Waals surface area contributed by atoms with E-state index < -0.39 is 17.8 Å². The molecule has 4 nitrogen and oxygen atoms in total. The van der Waals surface area contributed by atoms with Crippen molar-refractivity contribution in [3.63, 3.8) is 0 Å². The van der Waals surface area contributed by atoms with Gasteiger partial charge < -0.3 is 10.2 Å². The molecule has 1 atom stereocenters. The molecule has 1 aliphatic carbocycles. The van der Waals surface area contributed by atoms with Crippen LogP contribution in [0.1, 0.15) is 42.4 Å². The van der Waals surface area contributed by atoms with Crippen LogP contribution in [0.15, 0.2) is 66.7 Å². The number of nitrogens with one attached hydrogen (secondary N) is 1. The summed E-state index contributed by atoms with van der Waals surface area (Å²) in [4.78, 5) is 29.0. The molecule has 0 bridgehead atoms. The maximum absolute atomic E-state index is 14.6. The number of carbonyl (C=O) groups excluding carboxylic acids is 2. The maximum Gasteiger partial charge on any atom is 0.243 e. The van der Waals surface area contributed by atoms with Crippen molar-refractivity contribution in [3.8, 4) is 0 Å². The van der Waals surface area contributed by atoms with Gasteiger partial charge in [-0.25, -0.2) is 4.39 Å². The smallest absolute Gasteiger partial charge is 0.243 e. The van der Waals surface area contributed by atoms with Crippen LogP contribution in [0.3, 0.4) is 0 Å². The van der Waals surface area contributed by atoms with Gasteiger partial charge in [0.25, 0.3) is 0 Å². The summed E-state index contributed by atoms with van der Waals surface area (Å²) in [6.07, 6.45) is 3.97. The van der Waals surface area contributed by atoms with Gasteiger partial charge in [-0.05, 0) is 48.2 Å². The van der Waals surface area contributed by atoms with Gasteiger partial charge in [0.05, 0.1) is 16.5 Å². The number of halogens is 4. The Balaban J connectivity index is 1.70. The lowest BCUT2D eigenvalue weighted by Crippen LogP contribution is -2.52. The number of carbonyl (C=O) groups is 2. The third-order valence-corrected chi connectivity index (χ3v) is 7.79. The zero-order valence-corrected chi connectivity index (χ0v) is 22.5. The summed E-state index contributed by atoms with van der Waals surface area (Å²) < 4.78 is 14.6. The van der Waals surface area contributed by atoms with Gasteiger partial charge in [-0.2, -0.15) is 0 Å². The number of amides is 2. The zero-order valence-electron chi connectivity index (χ0n) is 20.2. The number of hydrogen-bond donors (Lipinski definition) is 1. The van der Waals surface area contributed by atoms with E-state index in [9.17, 15) is 14.0 Å². The van der Waals surface area contributed by atoms with Gasteiger partial charge in [0.15, 0.2) is 0 Å². The van der Waals surface area contributed by atoms with Gasteiger partial charge in [-0.1, -0.05) is 90.1 Å². The van der Waals surface area contributed by atoms with Crippen LogP contribution in [-0.2, 0) is 29.0 Å². The monoisotopic (exact) mass is 560 g/mol. The van der Waals surface area contributed by atoms with Crippen molar-refractivity contribution in [3.05, 3.63) is 104 Å². The van der Waals surface area contributed by atoms with E-state index in [-0.39, 0.29) is 35.5 Å². The maximum atomic E-state index is 14.6. The minimum Gasteiger partial charge on any atom is -0.352 e. The molecule has 8 heteroatoms. The summed E-state index contributed by atoms with van der Waals surface area (Å²) in [5.74, 6) is -1.21. The average molecular weight is 562 g/mol. The Morgan fingerprint density at radius 1 is 0.892 bits per heavy atom. The van der Waals surface area contributed by atoms with Crippen molar-refractivity contribution in [2.75, 3.05) is 0 Å². The first-order valence-corrected chi connectivity index (χ1v) is 13.5. The van der Waals surface area contributed by atoms with Crippen LogP contribution in [0.2, 0.25) is 15.1 Å². The highest BCUT2D eigenvalue weighted by Crippen LogP contribution is 2.26. The van der Waals surface area contributed by atoms with E-state index in [0.29, 0.717) is 22.0 Å². The van der Waals surface area contributed by atoms with Crippen LogP contribution in [0.5, 0.6) is 0 Å². The second-order valence-corrected chi connectivity index (χ2v) is 10.6. The first kappa shape index (κ1) is 27.4. The molecule has 0 radical (unpaired) electrons. The second kappa shape index (κ2) is 12.8. The van der Waals surface area contributed by atoms with Gasteiger partial charge in [-0.15, -0.1) is 0 Å². The van der Waals surface area contributed by atoms with E-state index in [0.717, 1.165) is 31.2 Å². The summed E-state index contributed by atoms with van der Waals surface area (Å²) in [5.41, 5.74) is 1.71. The lowest BCUT2D eigenvalue weighted by Gasteiger charge is -2.32. The van der Waals surface area contributed by atoms with Crippen LogP contribution in [-0.4, -0.2) is 28.8 Å². The first-order chi connectivity index (χ1) is 17.8. The molecule has 3 aromatic carbocycles. The molecule has 37 heavy (non-hydrogen) atoms. The molecule has 3 aromatic rings. The van der Waals surface area contributed by atoms with Gasteiger partial charge in [0.2, 0.25) is 11.8 Å². The van der Waals surface area contributed by atoms with Crippen molar-refractivity contribution < 1.29 is 14.0 Å². The molecule has 1 aliphatic rings. The third kappa shape index (κ3) is 7.25. The van der Waals surface area contributed by atoms with Crippen molar-refractivity contribution >= 4 is 46.6 Å². The normalized spacial score (nSPS) is 14.4. The summed E-state index contributed by atoms with van der Waals surface area (Å²) in [6, 6.07) is 18.2. The Morgan fingerprint density at radius 2 is 1.62 bits per heavy atom. The fourth-order valence-electron chi connectivity index (χ4n) is 4.71. The lowest BCUT2D eigenvalue weighted by molar-refractivity contribution is -0.141. The van der Waals surface area contributed by atoms with Gasteiger partial charge in [0, 0.05) is 29.6 Å². The minimum absolute atomic E-state index is 0.0775. The predicted molar refractivity (Wildman–Crippen MR) is 146 cm³/mol. The minimum atomic E-state index is -0.824. The Bertz CT molecular complexity index is 1230. The predicted octanol–water partition coefficient (Wildman–Crippen LogP) is 7.03. The molecule has 0 saturated heterocycles. The summed E-state index contributed by atoms with van der Waals surface area (Å²) in [5, 5.41) is 4.05. The lowest BCUT2D eigenvalue weighted by atomic mass is 10.0. The summed E-state index contributed by atoms with van der Waals surface area (Å²) >= 11 is 18.6. The molecule has 0 heterocycles. The zero-order chi connectivity index (χ0) is 26.4. The molecular weight excluding hydrogens is 534 g/mol. The summed E-state index contributed by atoms with van der Waals surface area (Å²) in [6.45, 7) is 0.0946. The van der Waals surface area contributed by atoms with E-state index in [2.05, 4.69) is 5.32 Å². The van der Waals surface area contributed by atoms with E-state index >= 15 is 0 Å². The highest BCUT2D eigenvalue weighted by atomic mass is 35.5. The molecule has 194 valence electrons. The van der Waals surface area contributed by atoms with Gasteiger partial charge >= 0.3 is 0 Å². The number of rotatable bonds is 9. The molecular formula is C29H28Cl3FN2O2. The van der Waals surface area contributed by atoms with Crippen LogP contribution in [0.4, 0.5) is 4.39 Å². The van der Waals surface area contributed by atoms with Crippen molar-refractivity contribution in [2.24, 2.45) is 0 Å². The van der Waals surface area contributed by atoms with E-state index in [1.54, 1.807) is 24.3 Å². The number of nitrogens with zero attached hydrogens (tertiary/aromatic N) is 1. The molecule has 0 unspecified atom stereocenters. The first-order valence-electron chi connectivity index (χ1n) is 12.3. The standard InChI is InChI=1S/C29H28Cl3FN2O2/c30-23-11-6-12-26(33)22(23)17-28(36)35(18-20-13-14-24(31)25(32)15-20)27(16-19-7-2-1-3-8-19)29(37)34-21-9-4-5-10-21/h1-3,6-8,11-15,21,27H,4-5,9-10,16-18H2,(H,34,37)/t27-/m1/s1. The highest BCUT2D eigenvalue weighted by molar-refractivity contribution is 6.42. The van der Waals surface area contributed by atoms with E-state index in [4.69, 9.17) is 34.8 Å². The number of benzene rings is 3. The average Bonchev–Trinajstić information content (AvgIpc) is 3.39. The molecule has 1 fully saturated rings. The van der Waals surface area contributed by atoms with Crippen molar-refractivity contribution in [2.45, 2.75) is 57.2 Å². The van der Waals surface area contributed by atoms with Crippen LogP contribution >= 0.6 is 34.8 Å². The fourth-order valence-corrected chi connectivity index (χ4v) is 5.26. The van der Waals surface area contributed by atoms with Crippen LogP contribution < -0.4 is 5.32 Å². The van der Waals surface area contributed by atoms with Crippen molar-refractivity contribution in [1.82, 2.24) is 10.2 Å². The van der Waals surface area contributed by atoms with Gasteiger partial charge in [0.1, 0.15) is 11.9 Å². The molecule has 2 amide bonds. The second-order valence-electron chi connectivity index (χ2n) is 9.34. The highest BCUT2D eigenvalue weighted by Gasteiger charge is 2.33. The van der Waals surface area contributed by atoms with Crippen LogP contribution in [0.25, 0.3) is 0 Å².